The van der Waals surface area contributed by atoms with Crippen molar-refractivity contribution >= 4 is 27.3 Å². The molecule has 0 radical (unpaired) electrons. The number of amides is 2. The van der Waals surface area contributed by atoms with Crippen molar-refractivity contribution < 1.29 is 22.8 Å². The number of benzene rings is 2. The molecule has 3 rings (SSSR count). The second kappa shape index (κ2) is 10.0. The molecule has 1 saturated heterocycles. The summed E-state index contributed by atoms with van der Waals surface area (Å²) < 4.78 is 23.7. The largest absolute Gasteiger partial charge is 0.326 e. The number of carbonyl (C=O) groups is 2. The van der Waals surface area contributed by atoms with Gasteiger partial charge < -0.3 is 10.2 Å². The molecule has 2 N–H and O–H groups in total. The highest BCUT2D eigenvalue weighted by atomic mass is 32.2. The van der Waals surface area contributed by atoms with Crippen LogP contribution >= 0.6 is 0 Å². The van der Waals surface area contributed by atoms with Crippen LogP contribution in [-0.2, 0) is 25.9 Å². The zero-order chi connectivity index (χ0) is 22.4. The lowest BCUT2D eigenvalue weighted by atomic mass is 10.1. The SMILES string of the molecule is CCN(C(=O)c1ccc(NC(=O)Cc2ccc(S(=O)(=O)CC)cc2)cc1)C1CCON1. The Hall–Kier alpha value is -2.75. The van der Waals surface area contributed by atoms with Gasteiger partial charge in [0.25, 0.3) is 5.91 Å². The number of anilines is 1. The van der Waals surface area contributed by atoms with Gasteiger partial charge >= 0.3 is 0 Å². The summed E-state index contributed by atoms with van der Waals surface area (Å²) in [6.07, 6.45) is 0.707. The van der Waals surface area contributed by atoms with E-state index in [1.807, 2.05) is 6.92 Å². The molecule has 1 unspecified atom stereocenters. The fraction of sp³-hybridized carbons (Fsp3) is 0.364. The van der Waals surface area contributed by atoms with Crippen LogP contribution in [0, 0.1) is 0 Å². The van der Waals surface area contributed by atoms with E-state index in [2.05, 4.69) is 10.8 Å². The van der Waals surface area contributed by atoms with E-state index in [4.69, 9.17) is 4.84 Å². The zero-order valence-electron chi connectivity index (χ0n) is 17.6. The van der Waals surface area contributed by atoms with Gasteiger partial charge in [0.1, 0.15) is 6.17 Å². The molecule has 1 fully saturated rings. The van der Waals surface area contributed by atoms with Crippen molar-refractivity contribution in [3.8, 4) is 0 Å². The average molecular weight is 446 g/mol. The quantitative estimate of drug-likeness (QED) is 0.646. The zero-order valence-corrected chi connectivity index (χ0v) is 18.4. The molecule has 166 valence electrons. The Balaban J connectivity index is 1.59. The third-order valence-electron chi connectivity index (χ3n) is 5.13. The lowest BCUT2D eigenvalue weighted by molar-refractivity contribution is -0.115. The van der Waals surface area contributed by atoms with E-state index in [0.29, 0.717) is 30.0 Å². The molecular weight excluding hydrogens is 418 g/mol. The van der Waals surface area contributed by atoms with Crippen LogP contribution in [-0.4, -0.2) is 50.2 Å². The van der Waals surface area contributed by atoms with E-state index in [0.717, 1.165) is 6.42 Å². The Morgan fingerprint density at radius 3 is 2.32 bits per heavy atom. The molecule has 1 heterocycles. The smallest absolute Gasteiger partial charge is 0.255 e. The molecule has 1 atom stereocenters. The maximum Gasteiger partial charge on any atom is 0.255 e. The summed E-state index contributed by atoms with van der Waals surface area (Å²) in [7, 11) is -3.26. The number of rotatable bonds is 8. The summed E-state index contributed by atoms with van der Waals surface area (Å²) in [5.74, 6) is -0.301. The van der Waals surface area contributed by atoms with Gasteiger partial charge in [-0.2, -0.15) is 5.48 Å². The van der Waals surface area contributed by atoms with Crippen LogP contribution < -0.4 is 10.8 Å². The number of hydroxylamine groups is 1. The van der Waals surface area contributed by atoms with Gasteiger partial charge in [-0.1, -0.05) is 19.1 Å². The van der Waals surface area contributed by atoms with Crippen molar-refractivity contribution in [2.24, 2.45) is 0 Å². The van der Waals surface area contributed by atoms with E-state index >= 15 is 0 Å². The van der Waals surface area contributed by atoms with Crippen molar-refractivity contribution in [1.29, 1.82) is 0 Å². The van der Waals surface area contributed by atoms with Crippen LogP contribution in [0.5, 0.6) is 0 Å². The van der Waals surface area contributed by atoms with Gasteiger partial charge in [-0.3, -0.25) is 14.4 Å². The van der Waals surface area contributed by atoms with Crippen molar-refractivity contribution in [3.05, 3.63) is 59.7 Å². The van der Waals surface area contributed by atoms with Crippen LogP contribution in [0.1, 0.15) is 36.2 Å². The van der Waals surface area contributed by atoms with E-state index in [1.165, 1.54) is 12.1 Å². The second-order valence-corrected chi connectivity index (χ2v) is 9.49. The molecule has 8 nitrogen and oxygen atoms in total. The summed E-state index contributed by atoms with van der Waals surface area (Å²) in [5.41, 5.74) is 4.67. The first kappa shape index (κ1) is 22.9. The molecule has 1 aliphatic heterocycles. The van der Waals surface area contributed by atoms with Gasteiger partial charge in [0, 0.05) is 24.2 Å². The molecule has 2 amide bonds. The summed E-state index contributed by atoms with van der Waals surface area (Å²) in [5, 5.41) is 2.80. The highest BCUT2D eigenvalue weighted by Crippen LogP contribution is 2.17. The molecule has 0 spiro atoms. The molecule has 0 aromatic heterocycles. The molecule has 9 heteroatoms. The third kappa shape index (κ3) is 5.69. The Morgan fingerprint density at radius 2 is 1.77 bits per heavy atom. The number of nitrogens with zero attached hydrogens (tertiary/aromatic N) is 1. The van der Waals surface area contributed by atoms with Crippen molar-refractivity contribution in [2.75, 3.05) is 24.2 Å². The number of sulfone groups is 1. The van der Waals surface area contributed by atoms with Gasteiger partial charge in [-0.25, -0.2) is 8.42 Å². The molecule has 2 aromatic carbocycles. The number of carbonyl (C=O) groups excluding carboxylic acids is 2. The van der Waals surface area contributed by atoms with Gasteiger partial charge in [0.2, 0.25) is 5.91 Å². The summed E-state index contributed by atoms with van der Waals surface area (Å²) in [6, 6.07) is 13.1. The first-order valence-corrected chi connectivity index (χ1v) is 11.9. The molecule has 0 aliphatic carbocycles. The first-order chi connectivity index (χ1) is 14.8. The van der Waals surface area contributed by atoms with Crippen LogP contribution in [0.15, 0.2) is 53.4 Å². The summed E-state index contributed by atoms with van der Waals surface area (Å²) in [6.45, 7) is 4.62. The highest BCUT2D eigenvalue weighted by molar-refractivity contribution is 7.91. The number of nitrogens with one attached hydrogen (secondary N) is 2. The fourth-order valence-electron chi connectivity index (χ4n) is 3.34. The van der Waals surface area contributed by atoms with Crippen molar-refractivity contribution in [1.82, 2.24) is 10.4 Å². The molecule has 31 heavy (non-hydrogen) atoms. The van der Waals surface area contributed by atoms with E-state index in [1.54, 1.807) is 48.2 Å². The summed E-state index contributed by atoms with van der Waals surface area (Å²) >= 11 is 0. The lowest BCUT2D eigenvalue weighted by Crippen LogP contribution is -2.45. The molecular formula is C22H27N3O5S. The van der Waals surface area contributed by atoms with E-state index in [-0.39, 0.29) is 35.0 Å². The third-order valence-corrected chi connectivity index (χ3v) is 6.88. The molecule has 1 aliphatic rings. The maximum atomic E-state index is 12.8. The fourth-order valence-corrected chi connectivity index (χ4v) is 4.23. The minimum Gasteiger partial charge on any atom is -0.326 e. The Bertz CT molecular complexity index is 1010. The molecule has 2 aromatic rings. The summed E-state index contributed by atoms with van der Waals surface area (Å²) in [4.78, 5) is 32.2. The Kier molecular flexibility index (Phi) is 7.42. The average Bonchev–Trinajstić information content (AvgIpc) is 3.29. The second-order valence-electron chi connectivity index (χ2n) is 7.21. The lowest BCUT2D eigenvalue weighted by Gasteiger charge is -2.26. The number of hydrogen-bond acceptors (Lipinski definition) is 6. The number of hydrogen-bond donors (Lipinski definition) is 2. The minimum absolute atomic E-state index is 0.0340. The predicted octanol–water partition coefficient (Wildman–Crippen LogP) is 2.37. The van der Waals surface area contributed by atoms with Gasteiger partial charge in [-0.15, -0.1) is 0 Å². The topological polar surface area (TPSA) is 105 Å². The highest BCUT2D eigenvalue weighted by Gasteiger charge is 2.26. The van der Waals surface area contributed by atoms with Gasteiger partial charge in [0.05, 0.1) is 23.7 Å². The molecule has 0 saturated carbocycles. The Labute approximate surface area is 182 Å². The van der Waals surface area contributed by atoms with Gasteiger partial charge in [0.15, 0.2) is 9.84 Å². The van der Waals surface area contributed by atoms with Crippen LogP contribution in [0.25, 0.3) is 0 Å². The Morgan fingerprint density at radius 1 is 1.10 bits per heavy atom. The van der Waals surface area contributed by atoms with Gasteiger partial charge in [-0.05, 0) is 48.9 Å². The normalized spacial score (nSPS) is 16.1. The standard InChI is InChI=1S/C22H27N3O5S/c1-3-25(20-13-14-30-24-20)22(27)17-7-9-18(10-8-17)23-21(26)15-16-5-11-19(12-6-16)31(28,29)4-2/h5-12,20,24H,3-4,13-15H2,1-2H3,(H,23,26). The van der Waals surface area contributed by atoms with Crippen LogP contribution in [0.3, 0.4) is 0 Å². The minimum atomic E-state index is -3.26. The van der Waals surface area contributed by atoms with Crippen LogP contribution in [0.2, 0.25) is 0 Å². The monoisotopic (exact) mass is 445 g/mol. The predicted molar refractivity (Wildman–Crippen MR) is 117 cm³/mol. The van der Waals surface area contributed by atoms with Crippen LogP contribution in [0.4, 0.5) is 5.69 Å². The first-order valence-electron chi connectivity index (χ1n) is 10.2. The van der Waals surface area contributed by atoms with Crippen molar-refractivity contribution in [2.45, 2.75) is 37.8 Å². The molecule has 0 bridgehead atoms. The van der Waals surface area contributed by atoms with Crippen molar-refractivity contribution in [3.63, 3.8) is 0 Å². The van der Waals surface area contributed by atoms with E-state index < -0.39 is 9.84 Å². The maximum absolute atomic E-state index is 12.8. The van der Waals surface area contributed by atoms with E-state index in [9.17, 15) is 18.0 Å².